The molecule has 1 heterocycles. The fraction of sp³-hybridized carbons (Fsp3) is 0.143. The van der Waals surface area contributed by atoms with E-state index in [0.717, 1.165) is 0 Å². The lowest BCUT2D eigenvalue weighted by Gasteiger charge is -2.15. The van der Waals surface area contributed by atoms with Gasteiger partial charge in [-0.3, -0.25) is 10.1 Å². The number of rotatable bonds is 4. The van der Waals surface area contributed by atoms with E-state index in [1.165, 1.54) is 12.1 Å². The molecule has 0 amide bonds. The number of nitro groups is 1. The molecule has 3 aromatic rings. The van der Waals surface area contributed by atoms with E-state index < -0.39 is 4.92 Å². The molecule has 0 saturated heterocycles. The number of fused-ring (bicyclic) bond motifs is 1. The molecule has 0 unspecified atom stereocenters. The molecule has 9 heteroatoms. The lowest BCUT2D eigenvalue weighted by Crippen LogP contribution is -2.12. The van der Waals surface area contributed by atoms with Crippen LogP contribution in [0.1, 0.15) is 0 Å². The lowest BCUT2D eigenvalue weighted by atomic mass is 10.1. The highest BCUT2D eigenvalue weighted by atomic mass is 19.1. The molecule has 23 heavy (non-hydrogen) atoms. The number of hydrogen-bond acceptors (Lipinski definition) is 7. The standard InChI is InChI=1S/C14H12FN5O3/c1-19(2)11-7-10(16-9-5-3-8(15)4-6-9)12-13(18-23-17-12)14(11)20(21)22/h3-7,16H,1-2H3. The third kappa shape index (κ3) is 2.63. The topological polar surface area (TPSA) is 97.3 Å². The fourth-order valence-electron chi connectivity index (χ4n) is 2.22. The van der Waals surface area contributed by atoms with E-state index in [2.05, 4.69) is 20.3 Å². The van der Waals surface area contributed by atoms with Gasteiger partial charge in [0.1, 0.15) is 11.5 Å². The first-order chi connectivity index (χ1) is 11.0. The zero-order valence-corrected chi connectivity index (χ0v) is 12.3. The van der Waals surface area contributed by atoms with Gasteiger partial charge in [0.25, 0.3) is 0 Å². The number of aromatic nitrogens is 2. The summed E-state index contributed by atoms with van der Waals surface area (Å²) < 4.78 is 17.7. The molecular weight excluding hydrogens is 305 g/mol. The monoisotopic (exact) mass is 317 g/mol. The van der Waals surface area contributed by atoms with E-state index in [1.54, 1.807) is 37.2 Å². The van der Waals surface area contributed by atoms with Crippen LogP contribution >= 0.6 is 0 Å². The number of anilines is 3. The SMILES string of the molecule is CN(C)c1cc(Nc2ccc(F)cc2)c2nonc2c1[N+](=O)[O-]. The van der Waals surface area contributed by atoms with Gasteiger partial charge in [-0.15, -0.1) is 0 Å². The van der Waals surface area contributed by atoms with Crippen molar-refractivity contribution in [2.45, 2.75) is 0 Å². The summed E-state index contributed by atoms with van der Waals surface area (Å²) in [5.41, 5.74) is 1.52. The molecule has 0 bridgehead atoms. The van der Waals surface area contributed by atoms with Crippen LogP contribution in [0.3, 0.4) is 0 Å². The van der Waals surface area contributed by atoms with Gasteiger partial charge in [0, 0.05) is 19.8 Å². The molecule has 0 saturated carbocycles. The van der Waals surface area contributed by atoms with Crippen LogP contribution in [0.4, 0.5) is 27.1 Å². The van der Waals surface area contributed by atoms with Crippen molar-refractivity contribution in [3.05, 3.63) is 46.3 Å². The van der Waals surface area contributed by atoms with Gasteiger partial charge in [-0.1, -0.05) is 0 Å². The predicted octanol–water partition coefficient (Wildman–Crippen LogP) is 3.08. The minimum absolute atomic E-state index is 0.0470. The highest BCUT2D eigenvalue weighted by molar-refractivity contribution is 6.00. The number of nitro benzene ring substituents is 1. The molecule has 0 atom stereocenters. The van der Waals surface area contributed by atoms with Crippen LogP contribution in [0.15, 0.2) is 35.0 Å². The second kappa shape index (κ2) is 5.52. The zero-order valence-electron chi connectivity index (χ0n) is 12.3. The van der Waals surface area contributed by atoms with Gasteiger partial charge in [0.15, 0.2) is 5.52 Å². The van der Waals surface area contributed by atoms with Crippen LogP contribution in [-0.2, 0) is 0 Å². The Hall–Kier alpha value is -3.23. The molecule has 0 aliphatic rings. The maximum absolute atomic E-state index is 13.0. The number of halogens is 1. The van der Waals surface area contributed by atoms with Crippen LogP contribution in [0.25, 0.3) is 11.0 Å². The molecule has 0 radical (unpaired) electrons. The summed E-state index contributed by atoms with van der Waals surface area (Å²) in [6.45, 7) is 0. The molecule has 0 fully saturated rings. The zero-order chi connectivity index (χ0) is 16.6. The Morgan fingerprint density at radius 2 is 1.87 bits per heavy atom. The van der Waals surface area contributed by atoms with Crippen molar-refractivity contribution in [2.75, 3.05) is 24.3 Å². The summed E-state index contributed by atoms with van der Waals surface area (Å²) in [4.78, 5) is 12.4. The second-order valence-corrected chi connectivity index (χ2v) is 5.04. The van der Waals surface area contributed by atoms with Gasteiger partial charge >= 0.3 is 5.69 Å². The van der Waals surface area contributed by atoms with Crippen LogP contribution in [0.5, 0.6) is 0 Å². The largest absolute Gasteiger partial charge is 0.372 e. The van der Waals surface area contributed by atoms with Gasteiger partial charge in [-0.25, -0.2) is 9.02 Å². The van der Waals surface area contributed by atoms with Gasteiger partial charge in [0.2, 0.25) is 5.52 Å². The van der Waals surface area contributed by atoms with Crippen molar-refractivity contribution < 1.29 is 13.9 Å². The third-order valence-electron chi connectivity index (χ3n) is 3.28. The Morgan fingerprint density at radius 3 is 2.48 bits per heavy atom. The average Bonchev–Trinajstić information content (AvgIpc) is 2.98. The molecule has 2 aromatic carbocycles. The maximum Gasteiger partial charge on any atom is 0.323 e. The Balaban J connectivity index is 2.17. The Morgan fingerprint density at radius 1 is 1.22 bits per heavy atom. The van der Waals surface area contributed by atoms with Gasteiger partial charge < -0.3 is 10.2 Å². The molecule has 8 nitrogen and oxygen atoms in total. The first kappa shape index (κ1) is 14.7. The molecule has 1 N–H and O–H groups in total. The fourth-order valence-corrected chi connectivity index (χ4v) is 2.22. The van der Waals surface area contributed by atoms with Crippen LogP contribution in [0.2, 0.25) is 0 Å². The van der Waals surface area contributed by atoms with Crippen molar-refractivity contribution >= 4 is 33.8 Å². The maximum atomic E-state index is 13.0. The summed E-state index contributed by atoms with van der Waals surface area (Å²) in [5.74, 6) is -0.360. The van der Waals surface area contributed by atoms with Gasteiger partial charge in [-0.2, -0.15) is 0 Å². The first-order valence-corrected chi connectivity index (χ1v) is 6.61. The number of benzene rings is 2. The first-order valence-electron chi connectivity index (χ1n) is 6.61. The lowest BCUT2D eigenvalue weighted by molar-refractivity contribution is -0.382. The smallest absolute Gasteiger partial charge is 0.323 e. The highest BCUT2D eigenvalue weighted by Crippen LogP contribution is 2.39. The van der Waals surface area contributed by atoms with Crippen molar-refractivity contribution in [3.8, 4) is 0 Å². The summed E-state index contributed by atoms with van der Waals surface area (Å²) >= 11 is 0. The Labute approximate surface area is 129 Å². The molecular formula is C14H12FN5O3. The minimum atomic E-state index is -0.524. The average molecular weight is 317 g/mol. The predicted molar refractivity (Wildman–Crippen MR) is 82.5 cm³/mol. The van der Waals surface area contributed by atoms with E-state index in [4.69, 9.17) is 0 Å². The van der Waals surface area contributed by atoms with Gasteiger partial charge in [0.05, 0.1) is 10.6 Å². The molecule has 0 aliphatic heterocycles. The van der Waals surface area contributed by atoms with Gasteiger partial charge in [-0.05, 0) is 40.6 Å². The molecule has 0 spiro atoms. The summed E-state index contributed by atoms with van der Waals surface area (Å²) in [5, 5.41) is 21.8. The number of hydrogen-bond donors (Lipinski definition) is 1. The molecule has 118 valence electrons. The molecule has 1 aromatic heterocycles. The summed E-state index contributed by atoms with van der Waals surface area (Å²) in [7, 11) is 3.37. The molecule has 0 aliphatic carbocycles. The van der Waals surface area contributed by atoms with Crippen molar-refractivity contribution in [3.63, 3.8) is 0 Å². The second-order valence-electron chi connectivity index (χ2n) is 5.04. The third-order valence-corrected chi connectivity index (χ3v) is 3.28. The van der Waals surface area contributed by atoms with E-state index in [1.807, 2.05) is 0 Å². The van der Waals surface area contributed by atoms with Crippen LogP contribution in [-0.4, -0.2) is 29.3 Å². The molecule has 3 rings (SSSR count). The highest BCUT2D eigenvalue weighted by Gasteiger charge is 2.26. The van der Waals surface area contributed by atoms with E-state index in [9.17, 15) is 14.5 Å². The number of nitrogens with one attached hydrogen (secondary N) is 1. The van der Waals surface area contributed by atoms with Crippen molar-refractivity contribution in [1.29, 1.82) is 0 Å². The van der Waals surface area contributed by atoms with E-state index in [-0.39, 0.29) is 22.5 Å². The number of nitrogens with zero attached hydrogens (tertiary/aromatic N) is 4. The normalized spacial score (nSPS) is 10.7. The summed E-state index contributed by atoms with van der Waals surface area (Å²) in [6.07, 6.45) is 0. The quantitative estimate of drug-likeness (QED) is 0.583. The van der Waals surface area contributed by atoms with Crippen LogP contribution in [0, 0.1) is 15.9 Å². The van der Waals surface area contributed by atoms with E-state index in [0.29, 0.717) is 17.1 Å². The van der Waals surface area contributed by atoms with Crippen molar-refractivity contribution in [1.82, 2.24) is 10.3 Å². The minimum Gasteiger partial charge on any atom is -0.372 e. The van der Waals surface area contributed by atoms with Crippen LogP contribution < -0.4 is 10.2 Å². The summed E-state index contributed by atoms with van der Waals surface area (Å²) in [6, 6.07) is 7.28. The Bertz CT molecular complexity index is 876. The van der Waals surface area contributed by atoms with E-state index >= 15 is 0 Å². The Kier molecular flexibility index (Phi) is 3.53. The van der Waals surface area contributed by atoms with Crippen molar-refractivity contribution in [2.24, 2.45) is 0 Å².